The zero-order valence-electron chi connectivity index (χ0n) is 15.8. The van der Waals surface area contributed by atoms with E-state index in [9.17, 15) is 9.90 Å². The topological polar surface area (TPSA) is 92.2 Å². The zero-order valence-corrected chi connectivity index (χ0v) is 15.8. The highest BCUT2D eigenvalue weighted by Crippen LogP contribution is 2.32. The number of esters is 1. The van der Waals surface area contributed by atoms with Gasteiger partial charge in [-0.25, -0.2) is 0 Å². The molecule has 146 valence electrons. The fourth-order valence-electron chi connectivity index (χ4n) is 2.93. The second kappa shape index (κ2) is 12.9. The van der Waals surface area contributed by atoms with Gasteiger partial charge in [-0.1, -0.05) is 12.8 Å². The first-order valence-corrected chi connectivity index (χ1v) is 9.43. The highest BCUT2D eigenvalue weighted by Gasteiger charge is 2.34. The Morgan fingerprint density at radius 3 is 2.72 bits per heavy atom. The smallest absolute Gasteiger partial charge is 0.305 e. The molecule has 0 aromatic rings. The lowest BCUT2D eigenvalue weighted by Crippen LogP contribution is -2.39. The SMILES string of the molecule is CCNC(=NCC1(CCO)CCOC1)NCCCCCCC(=O)OC. The van der Waals surface area contributed by atoms with E-state index in [1.165, 1.54) is 7.11 Å². The second-order valence-electron chi connectivity index (χ2n) is 6.64. The number of guanidine groups is 1. The van der Waals surface area contributed by atoms with Crippen LogP contribution in [0.4, 0.5) is 0 Å². The van der Waals surface area contributed by atoms with Crippen molar-refractivity contribution >= 4 is 11.9 Å². The maximum absolute atomic E-state index is 11.0. The van der Waals surface area contributed by atoms with E-state index in [0.29, 0.717) is 19.6 Å². The number of methoxy groups -OCH3 is 1. The number of carbonyl (C=O) groups is 1. The van der Waals surface area contributed by atoms with Crippen LogP contribution in [0.5, 0.6) is 0 Å². The lowest BCUT2D eigenvalue weighted by atomic mass is 9.84. The third kappa shape index (κ3) is 9.07. The number of ether oxygens (including phenoxy) is 2. The van der Waals surface area contributed by atoms with Crippen molar-refractivity contribution in [3.63, 3.8) is 0 Å². The number of hydrogen-bond acceptors (Lipinski definition) is 5. The molecule has 0 saturated carbocycles. The molecule has 1 heterocycles. The number of carbonyl (C=O) groups excluding carboxylic acids is 1. The van der Waals surface area contributed by atoms with Crippen molar-refractivity contribution in [1.82, 2.24) is 10.6 Å². The Morgan fingerprint density at radius 1 is 1.28 bits per heavy atom. The van der Waals surface area contributed by atoms with Gasteiger partial charge in [-0.3, -0.25) is 9.79 Å². The van der Waals surface area contributed by atoms with Crippen molar-refractivity contribution < 1.29 is 19.4 Å². The van der Waals surface area contributed by atoms with Gasteiger partial charge in [-0.2, -0.15) is 0 Å². The summed E-state index contributed by atoms with van der Waals surface area (Å²) in [5.74, 6) is 0.689. The van der Waals surface area contributed by atoms with Crippen LogP contribution >= 0.6 is 0 Å². The van der Waals surface area contributed by atoms with Crippen molar-refractivity contribution in [2.45, 2.75) is 51.9 Å². The number of aliphatic imine (C=N–C) groups is 1. The van der Waals surface area contributed by atoms with Gasteiger partial charge in [-0.15, -0.1) is 0 Å². The van der Waals surface area contributed by atoms with Crippen LogP contribution < -0.4 is 10.6 Å². The lowest BCUT2D eigenvalue weighted by molar-refractivity contribution is -0.140. The van der Waals surface area contributed by atoms with E-state index in [1.807, 2.05) is 6.92 Å². The van der Waals surface area contributed by atoms with Gasteiger partial charge in [0.05, 0.1) is 20.3 Å². The lowest BCUT2D eigenvalue weighted by Gasteiger charge is -2.24. The van der Waals surface area contributed by atoms with Gasteiger partial charge in [-0.05, 0) is 32.6 Å². The van der Waals surface area contributed by atoms with E-state index >= 15 is 0 Å². The molecule has 0 bridgehead atoms. The highest BCUT2D eigenvalue weighted by molar-refractivity contribution is 5.79. The Hall–Kier alpha value is -1.34. The van der Waals surface area contributed by atoms with Crippen molar-refractivity contribution in [1.29, 1.82) is 0 Å². The van der Waals surface area contributed by atoms with Crippen LogP contribution in [0.15, 0.2) is 4.99 Å². The number of nitrogens with zero attached hydrogens (tertiary/aromatic N) is 1. The number of unbranched alkanes of at least 4 members (excludes halogenated alkanes) is 3. The van der Waals surface area contributed by atoms with Gasteiger partial charge < -0.3 is 25.2 Å². The van der Waals surface area contributed by atoms with Crippen LogP contribution in [0.25, 0.3) is 0 Å². The predicted molar refractivity (Wildman–Crippen MR) is 98.7 cm³/mol. The minimum atomic E-state index is -0.132. The molecule has 1 fully saturated rings. The molecule has 0 aromatic carbocycles. The van der Waals surface area contributed by atoms with Gasteiger partial charge in [0.25, 0.3) is 0 Å². The van der Waals surface area contributed by atoms with Crippen LogP contribution in [-0.4, -0.2) is 63.6 Å². The molecule has 7 heteroatoms. The first-order chi connectivity index (χ1) is 12.2. The van der Waals surface area contributed by atoms with Crippen LogP contribution in [-0.2, 0) is 14.3 Å². The molecule has 0 spiro atoms. The summed E-state index contributed by atoms with van der Waals surface area (Å²) in [6, 6.07) is 0. The predicted octanol–water partition coefficient (Wildman–Crippen LogP) is 1.45. The van der Waals surface area contributed by atoms with Gasteiger partial charge in [0.15, 0.2) is 5.96 Å². The normalized spacial score (nSPS) is 20.5. The minimum absolute atomic E-state index is 0.0228. The highest BCUT2D eigenvalue weighted by atomic mass is 16.5. The van der Waals surface area contributed by atoms with E-state index in [-0.39, 0.29) is 18.0 Å². The summed E-state index contributed by atoms with van der Waals surface area (Å²) in [4.78, 5) is 15.7. The first-order valence-electron chi connectivity index (χ1n) is 9.43. The first kappa shape index (κ1) is 21.7. The van der Waals surface area contributed by atoms with Crippen molar-refractivity contribution in [3.05, 3.63) is 0 Å². The fraction of sp³-hybridized carbons (Fsp3) is 0.889. The van der Waals surface area contributed by atoms with Crippen LogP contribution in [0, 0.1) is 5.41 Å². The molecule has 7 nitrogen and oxygen atoms in total. The van der Waals surface area contributed by atoms with E-state index < -0.39 is 0 Å². The number of aliphatic hydroxyl groups is 1. The van der Waals surface area contributed by atoms with Gasteiger partial charge >= 0.3 is 5.97 Å². The number of nitrogens with one attached hydrogen (secondary N) is 2. The molecule has 1 saturated heterocycles. The quantitative estimate of drug-likeness (QED) is 0.212. The molecular formula is C18H35N3O4. The monoisotopic (exact) mass is 357 g/mol. The average molecular weight is 357 g/mol. The molecule has 1 rings (SSSR count). The largest absolute Gasteiger partial charge is 0.469 e. The Kier molecular flexibility index (Phi) is 11.2. The second-order valence-corrected chi connectivity index (χ2v) is 6.64. The number of aliphatic hydroxyl groups excluding tert-OH is 1. The van der Waals surface area contributed by atoms with Crippen molar-refractivity contribution in [2.24, 2.45) is 10.4 Å². The van der Waals surface area contributed by atoms with E-state index in [0.717, 1.165) is 64.2 Å². The molecule has 0 radical (unpaired) electrons. The summed E-state index contributed by atoms with van der Waals surface area (Å²) in [6.07, 6.45) is 6.21. The third-order valence-electron chi connectivity index (χ3n) is 4.57. The van der Waals surface area contributed by atoms with E-state index in [1.54, 1.807) is 0 Å². The number of rotatable bonds is 12. The molecular weight excluding hydrogens is 322 g/mol. The van der Waals surface area contributed by atoms with E-state index in [4.69, 9.17) is 9.73 Å². The van der Waals surface area contributed by atoms with Crippen molar-refractivity contribution in [3.8, 4) is 0 Å². The summed E-state index contributed by atoms with van der Waals surface area (Å²) in [5.41, 5.74) is -0.0228. The van der Waals surface area contributed by atoms with Gasteiger partial charge in [0.1, 0.15) is 0 Å². The standard InChI is InChI=1S/C18H35N3O4/c1-3-19-17(20-11-7-5-4-6-8-16(23)24-2)21-14-18(9-12-22)10-13-25-15-18/h22H,3-15H2,1-2H3,(H2,19,20,21). The van der Waals surface area contributed by atoms with Crippen LogP contribution in [0.3, 0.4) is 0 Å². The summed E-state index contributed by atoms with van der Waals surface area (Å²) < 4.78 is 10.1. The molecule has 0 amide bonds. The molecule has 1 atom stereocenters. The summed E-state index contributed by atoms with van der Waals surface area (Å²) >= 11 is 0. The van der Waals surface area contributed by atoms with Crippen LogP contribution in [0.1, 0.15) is 51.9 Å². The van der Waals surface area contributed by atoms with Crippen molar-refractivity contribution in [2.75, 3.05) is 46.6 Å². The number of hydrogen-bond donors (Lipinski definition) is 3. The van der Waals surface area contributed by atoms with Gasteiger partial charge in [0, 0.05) is 38.1 Å². The van der Waals surface area contributed by atoms with E-state index in [2.05, 4.69) is 15.4 Å². The average Bonchev–Trinajstić information content (AvgIpc) is 3.07. The van der Waals surface area contributed by atoms with Crippen LogP contribution in [0.2, 0.25) is 0 Å². The zero-order chi connectivity index (χ0) is 18.4. The molecule has 1 aliphatic heterocycles. The molecule has 3 N–H and O–H groups in total. The molecule has 0 aromatic heterocycles. The maximum Gasteiger partial charge on any atom is 0.305 e. The molecule has 0 aliphatic carbocycles. The van der Waals surface area contributed by atoms with Gasteiger partial charge in [0.2, 0.25) is 0 Å². The summed E-state index contributed by atoms with van der Waals surface area (Å²) in [7, 11) is 1.43. The Balaban J connectivity index is 2.27. The Labute approximate surface area is 151 Å². The summed E-state index contributed by atoms with van der Waals surface area (Å²) in [5, 5.41) is 15.9. The molecule has 25 heavy (non-hydrogen) atoms. The Bertz CT molecular complexity index is 396. The molecule has 1 aliphatic rings. The fourth-order valence-corrected chi connectivity index (χ4v) is 2.93. The molecule has 1 unspecified atom stereocenters. The maximum atomic E-state index is 11.0. The summed E-state index contributed by atoms with van der Waals surface area (Å²) in [6.45, 7) is 5.99. The Morgan fingerprint density at radius 2 is 2.08 bits per heavy atom. The minimum Gasteiger partial charge on any atom is -0.469 e. The third-order valence-corrected chi connectivity index (χ3v) is 4.57.